The molecule has 0 N–H and O–H groups in total. The van der Waals surface area contributed by atoms with Crippen molar-refractivity contribution in [2.75, 3.05) is 0 Å². The monoisotopic (exact) mass is 354 g/mol. The van der Waals surface area contributed by atoms with Crippen LogP contribution in [0.1, 0.15) is 5.56 Å². The van der Waals surface area contributed by atoms with E-state index in [1.165, 1.54) is 28.2 Å². The van der Waals surface area contributed by atoms with Crippen molar-refractivity contribution in [1.29, 1.82) is 0 Å². The molecule has 0 atom stereocenters. The number of aromatic nitrogens is 2. The first-order valence-electron chi connectivity index (χ1n) is 5.69. The minimum atomic E-state index is -0.537. The van der Waals surface area contributed by atoms with Gasteiger partial charge in [-0.2, -0.15) is 4.68 Å². The Hall–Kier alpha value is -1.73. The third-order valence-corrected chi connectivity index (χ3v) is 4.27. The maximum atomic E-state index is 13.0. The SMILES string of the molecule is O=c1oc(-c2cccs2)nn1Cc1ccc(F)cc1Br. The molecule has 3 rings (SSSR count). The first-order chi connectivity index (χ1) is 9.63. The number of nitrogens with zero attached hydrogens (tertiary/aromatic N) is 2. The van der Waals surface area contributed by atoms with Gasteiger partial charge in [-0.05, 0) is 29.1 Å². The van der Waals surface area contributed by atoms with Crippen molar-refractivity contribution in [2.45, 2.75) is 6.54 Å². The van der Waals surface area contributed by atoms with Crippen LogP contribution < -0.4 is 5.76 Å². The fourth-order valence-corrected chi connectivity index (χ4v) is 2.84. The summed E-state index contributed by atoms with van der Waals surface area (Å²) in [6.07, 6.45) is 0. The zero-order valence-electron chi connectivity index (χ0n) is 10.0. The fraction of sp³-hybridized carbons (Fsp3) is 0.0769. The summed E-state index contributed by atoms with van der Waals surface area (Å²) < 4.78 is 19.9. The third-order valence-electron chi connectivity index (χ3n) is 2.67. The topological polar surface area (TPSA) is 48.0 Å². The van der Waals surface area contributed by atoms with Crippen molar-refractivity contribution in [2.24, 2.45) is 0 Å². The van der Waals surface area contributed by atoms with Crippen molar-refractivity contribution >= 4 is 27.3 Å². The van der Waals surface area contributed by atoms with Crippen molar-refractivity contribution < 1.29 is 8.81 Å². The molecule has 0 saturated carbocycles. The van der Waals surface area contributed by atoms with Gasteiger partial charge in [0.2, 0.25) is 0 Å². The molecule has 0 aliphatic rings. The van der Waals surface area contributed by atoms with Crippen LogP contribution in [0.15, 0.2) is 49.4 Å². The van der Waals surface area contributed by atoms with Crippen molar-refractivity contribution in [3.63, 3.8) is 0 Å². The second-order valence-corrected chi connectivity index (χ2v) is 5.85. The summed E-state index contributed by atoms with van der Waals surface area (Å²) in [5, 5.41) is 6.02. The number of hydrogen-bond donors (Lipinski definition) is 0. The van der Waals surface area contributed by atoms with Gasteiger partial charge in [0.15, 0.2) is 0 Å². The highest BCUT2D eigenvalue weighted by atomic mass is 79.9. The Morgan fingerprint density at radius 2 is 2.25 bits per heavy atom. The Balaban J connectivity index is 1.93. The van der Waals surface area contributed by atoms with Gasteiger partial charge in [0.05, 0.1) is 11.4 Å². The van der Waals surface area contributed by atoms with E-state index in [1.54, 1.807) is 6.07 Å². The van der Waals surface area contributed by atoms with Gasteiger partial charge < -0.3 is 4.42 Å². The lowest BCUT2D eigenvalue weighted by Crippen LogP contribution is -2.16. The Bertz CT molecular complexity index is 795. The number of benzene rings is 1. The van der Waals surface area contributed by atoms with Crippen LogP contribution in [0.3, 0.4) is 0 Å². The quantitative estimate of drug-likeness (QED) is 0.722. The Morgan fingerprint density at radius 3 is 2.95 bits per heavy atom. The molecule has 2 aromatic heterocycles. The van der Waals surface area contributed by atoms with E-state index in [1.807, 2.05) is 17.5 Å². The standard InChI is InChI=1S/C13H8BrFN2O2S/c14-10-6-9(15)4-3-8(10)7-17-13(18)19-12(16-17)11-2-1-5-20-11/h1-6H,7H2. The van der Waals surface area contributed by atoms with Crippen LogP contribution in [0.25, 0.3) is 10.8 Å². The molecule has 0 radical (unpaired) electrons. The highest BCUT2D eigenvalue weighted by molar-refractivity contribution is 9.10. The largest absolute Gasteiger partial charge is 0.437 e. The zero-order chi connectivity index (χ0) is 14.1. The van der Waals surface area contributed by atoms with Crippen LogP contribution in [0.4, 0.5) is 4.39 Å². The van der Waals surface area contributed by atoms with Gasteiger partial charge in [0.1, 0.15) is 5.82 Å². The molecular formula is C13H8BrFN2O2S. The summed E-state index contributed by atoms with van der Waals surface area (Å²) in [6.45, 7) is 0.217. The maximum Gasteiger partial charge on any atom is 0.437 e. The lowest BCUT2D eigenvalue weighted by molar-refractivity contribution is 0.495. The lowest BCUT2D eigenvalue weighted by atomic mass is 10.2. The van der Waals surface area contributed by atoms with Crippen LogP contribution >= 0.6 is 27.3 Å². The second-order valence-electron chi connectivity index (χ2n) is 4.04. The van der Waals surface area contributed by atoms with Gasteiger partial charge in [0.25, 0.3) is 5.89 Å². The second kappa shape index (κ2) is 5.34. The molecule has 0 aliphatic heterocycles. The van der Waals surface area contributed by atoms with E-state index in [2.05, 4.69) is 21.0 Å². The fourth-order valence-electron chi connectivity index (χ4n) is 1.72. The van der Waals surface area contributed by atoms with Gasteiger partial charge in [-0.25, -0.2) is 9.18 Å². The van der Waals surface area contributed by atoms with Crippen LogP contribution in [-0.2, 0) is 6.54 Å². The predicted octanol–water partition coefficient (Wildman–Crippen LogP) is 3.51. The first kappa shape index (κ1) is 13.3. The summed E-state index contributed by atoms with van der Waals surface area (Å²) in [5.41, 5.74) is 0.750. The van der Waals surface area contributed by atoms with Crippen molar-refractivity contribution in [1.82, 2.24) is 9.78 Å². The molecule has 7 heteroatoms. The molecule has 1 aromatic carbocycles. The number of thiophene rings is 1. The molecule has 2 heterocycles. The van der Waals surface area contributed by atoms with Crippen LogP contribution in [0, 0.1) is 5.82 Å². The average molecular weight is 355 g/mol. The number of halogens is 2. The molecule has 0 fully saturated rings. The Labute approximate surface area is 125 Å². The van der Waals surface area contributed by atoms with E-state index in [4.69, 9.17) is 4.42 Å². The Morgan fingerprint density at radius 1 is 1.40 bits per heavy atom. The lowest BCUT2D eigenvalue weighted by Gasteiger charge is -2.02. The number of rotatable bonds is 3. The molecule has 0 unspecified atom stereocenters. The van der Waals surface area contributed by atoms with E-state index in [-0.39, 0.29) is 12.4 Å². The highest BCUT2D eigenvalue weighted by Crippen LogP contribution is 2.22. The van der Waals surface area contributed by atoms with E-state index in [0.717, 1.165) is 10.4 Å². The van der Waals surface area contributed by atoms with Crippen LogP contribution in [0.2, 0.25) is 0 Å². The number of hydrogen-bond acceptors (Lipinski definition) is 4. The summed E-state index contributed by atoms with van der Waals surface area (Å²) in [5.74, 6) is -0.583. The van der Waals surface area contributed by atoms with Crippen molar-refractivity contribution in [3.8, 4) is 10.8 Å². The average Bonchev–Trinajstić information content (AvgIpc) is 3.03. The van der Waals surface area contributed by atoms with Gasteiger partial charge >= 0.3 is 5.76 Å². The van der Waals surface area contributed by atoms with Gasteiger partial charge in [-0.15, -0.1) is 16.4 Å². The molecule has 0 aliphatic carbocycles. The van der Waals surface area contributed by atoms with Crippen LogP contribution in [-0.4, -0.2) is 9.78 Å². The summed E-state index contributed by atoms with van der Waals surface area (Å²) in [6, 6.07) is 7.97. The van der Waals surface area contributed by atoms with E-state index in [9.17, 15) is 9.18 Å². The molecular weight excluding hydrogens is 347 g/mol. The van der Waals surface area contributed by atoms with E-state index < -0.39 is 5.76 Å². The summed E-state index contributed by atoms with van der Waals surface area (Å²) >= 11 is 4.71. The minimum Gasteiger partial charge on any atom is -0.387 e. The molecule has 102 valence electrons. The molecule has 4 nitrogen and oxygen atoms in total. The molecule has 0 amide bonds. The molecule has 0 saturated heterocycles. The van der Waals surface area contributed by atoms with E-state index in [0.29, 0.717) is 10.4 Å². The third kappa shape index (κ3) is 2.59. The summed E-state index contributed by atoms with van der Waals surface area (Å²) in [7, 11) is 0. The van der Waals surface area contributed by atoms with Gasteiger partial charge in [-0.1, -0.05) is 28.1 Å². The maximum absolute atomic E-state index is 13.0. The zero-order valence-corrected chi connectivity index (χ0v) is 12.4. The van der Waals surface area contributed by atoms with Gasteiger partial charge in [0, 0.05) is 4.47 Å². The normalized spacial score (nSPS) is 10.9. The smallest absolute Gasteiger partial charge is 0.387 e. The van der Waals surface area contributed by atoms with E-state index >= 15 is 0 Å². The van der Waals surface area contributed by atoms with Crippen molar-refractivity contribution in [3.05, 3.63) is 62.1 Å². The molecule has 0 bridgehead atoms. The minimum absolute atomic E-state index is 0.217. The predicted molar refractivity (Wildman–Crippen MR) is 77.3 cm³/mol. The molecule has 3 aromatic rings. The van der Waals surface area contributed by atoms with Gasteiger partial charge in [-0.3, -0.25) is 0 Å². The Kier molecular flexibility index (Phi) is 3.54. The summed E-state index contributed by atoms with van der Waals surface area (Å²) in [4.78, 5) is 12.6. The highest BCUT2D eigenvalue weighted by Gasteiger charge is 2.12. The molecule has 20 heavy (non-hydrogen) atoms. The molecule has 0 spiro atoms. The van der Waals surface area contributed by atoms with Crippen LogP contribution in [0.5, 0.6) is 0 Å². The first-order valence-corrected chi connectivity index (χ1v) is 7.36.